The fourth-order valence-corrected chi connectivity index (χ4v) is 1.77. The second-order valence-corrected chi connectivity index (χ2v) is 4.60. The summed E-state index contributed by atoms with van der Waals surface area (Å²) in [5, 5.41) is 0. The number of nitrogens with zero attached hydrogens (tertiary/aromatic N) is 3. The Balaban J connectivity index is 2.23. The SMILES string of the molecule is CCc1nc(N)nc(Cc2ccc(Br)cc2)n1. The molecule has 2 N–H and O–H groups in total. The maximum absolute atomic E-state index is 5.64. The molecule has 0 radical (unpaired) electrons. The fourth-order valence-electron chi connectivity index (χ4n) is 1.51. The molecular formula is C12H13BrN4. The highest BCUT2D eigenvalue weighted by Crippen LogP contribution is 2.13. The first-order valence-corrected chi connectivity index (χ1v) is 6.20. The van der Waals surface area contributed by atoms with Gasteiger partial charge in [-0.25, -0.2) is 4.98 Å². The zero-order chi connectivity index (χ0) is 12.3. The molecule has 88 valence electrons. The van der Waals surface area contributed by atoms with E-state index in [0.29, 0.717) is 12.4 Å². The van der Waals surface area contributed by atoms with Gasteiger partial charge in [-0.1, -0.05) is 35.0 Å². The van der Waals surface area contributed by atoms with Gasteiger partial charge < -0.3 is 5.73 Å². The molecule has 4 nitrogen and oxygen atoms in total. The van der Waals surface area contributed by atoms with Gasteiger partial charge in [0.25, 0.3) is 0 Å². The number of halogens is 1. The number of nitrogen functional groups attached to an aromatic ring is 1. The molecule has 0 saturated carbocycles. The third kappa shape index (κ3) is 3.23. The smallest absolute Gasteiger partial charge is 0.223 e. The van der Waals surface area contributed by atoms with Crippen molar-refractivity contribution in [3.8, 4) is 0 Å². The lowest BCUT2D eigenvalue weighted by Crippen LogP contribution is -2.07. The Morgan fingerprint density at radius 1 is 1.06 bits per heavy atom. The van der Waals surface area contributed by atoms with Crippen LogP contribution in [0.2, 0.25) is 0 Å². The maximum Gasteiger partial charge on any atom is 0.223 e. The van der Waals surface area contributed by atoms with Gasteiger partial charge in [-0.15, -0.1) is 0 Å². The molecule has 2 rings (SSSR count). The number of nitrogens with two attached hydrogens (primary N) is 1. The van der Waals surface area contributed by atoms with Crippen LogP contribution in [0.25, 0.3) is 0 Å². The Kier molecular flexibility index (Phi) is 3.68. The van der Waals surface area contributed by atoms with Gasteiger partial charge in [0.05, 0.1) is 0 Å². The fraction of sp³-hybridized carbons (Fsp3) is 0.250. The van der Waals surface area contributed by atoms with E-state index in [-0.39, 0.29) is 0 Å². The molecule has 5 heteroatoms. The number of rotatable bonds is 3. The average molecular weight is 293 g/mol. The van der Waals surface area contributed by atoms with Crippen LogP contribution in [0.5, 0.6) is 0 Å². The van der Waals surface area contributed by atoms with Gasteiger partial charge in [0, 0.05) is 17.3 Å². The third-order valence-corrected chi connectivity index (χ3v) is 2.87. The van der Waals surface area contributed by atoms with Crippen molar-refractivity contribution in [2.24, 2.45) is 0 Å². The summed E-state index contributed by atoms with van der Waals surface area (Å²) in [6.07, 6.45) is 1.44. The Labute approximate surface area is 108 Å². The first kappa shape index (κ1) is 12.0. The highest BCUT2D eigenvalue weighted by Gasteiger charge is 2.04. The lowest BCUT2D eigenvalue weighted by molar-refractivity contribution is 0.846. The van der Waals surface area contributed by atoms with Gasteiger partial charge in [-0.3, -0.25) is 0 Å². The highest BCUT2D eigenvalue weighted by atomic mass is 79.9. The molecule has 0 amide bonds. The van der Waals surface area contributed by atoms with Gasteiger partial charge >= 0.3 is 0 Å². The molecule has 0 atom stereocenters. The number of aryl methyl sites for hydroxylation is 1. The van der Waals surface area contributed by atoms with Crippen molar-refractivity contribution in [1.29, 1.82) is 0 Å². The molecule has 0 aliphatic heterocycles. The molecule has 1 heterocycles. The van der Waals surface area contributed by atoms with E-state index >= 15 is 0 Å². The second-order valence-electron chi connectivity index (χ2n) is 3.68. The summed E-state index contributed by atoms with van der Waals surface area (Å²) in [5.41, 5.74) is 6.80. The van der Waals surface area contributed by atoms with Crippen LogP contribution < -0.4 is 5.73 Å². The lowest BCUT2D eigenvalue weighted by Gasteiger charge is -2.03. The van der Waals surface area contributed by atoms with Crippen molar-refractivity contribution in [2.75, 3.05) is 5.73 Å². The lowest BCUT2D eigenvalue weighted by atomic mass is 10.1. The van der Waals surface area contributed by atoms with Crippen molar-refractivity contribution in [3.05, 3.63) is 46.0 Å². The molecule has 0 aliphatic carbocycles. The summed E-state index contributed by atoms with van der Waals surface area (Å²) >= 11 is 3.40. The van der Waals surface area contributed by atoms with Crippen LogP contribution in [0.1, 0.15) is 24.1 Å². The molecular weight excluding hydrogens is 280 g/mol. The molecule has 0 fully saturated rings. The Hall–Kier alpha value is -1.49. The van der Waals surface area contributed by atoms with Crippen LogP contribution in [-0.4, -0.2) is 15.0 Å². The number of benzene rings is 1. The zero-order valence-electron chi connectivity index (χ0n) is 9.52. The van der Waals surface area contributed by atoms with Crippen LogP contribution in [0.4, 0.5) is 5.95 Å². The third-order valence-electron chi connectivity index (χ3n) is 2.34. The van der Waals surface area contributed by atoms with E-state index < -0.39 is 0 Å². The van der Waals surface area contributed by atoms with E-state index in [0.717, 1.165) is 28.1 Å². The normalized spacial score (nSPS) is 10.5. The summed E-state index contributed by atoms with van der Waals surface area (Å²) < 4.78 is 1.06. The van der Waals surface area contributed by atoms with Crippen LogP contribution >= 0.6 is 15.9 Å². The molecule has 0 spiro atoms. The van der Waals surface area contributed by atoms with E-state index in [1.807, 2.05) is 31.2 Å². The van der Waals surface area contributed by atoms with Crippen molar-refractivity contribution in [1.82, 2.24) is 15.0 Å². The zero-order valence-corrected chi connectivity index (χ0v) is 11.1. The van der Waals surface area contributed by atoms with Gasteiger partial charge in [0.15, 0.2) is 0 Å². The molecule has 0 unspecified atom stereocenters. The molecule has 0 saturated heterocycles. The predicted octanol–water partition coefficient (Wildman–Crippen LogP) is 2.37. The quantitative estimate of drug-likeness (QED) is 0.943. The number of hydrogen-bond donors (Lipinski definition) is 1. The summed E-state index contributed by atoms with van der Waals surface area (Å²) in [6, 6.07) is 8.08. The molecule has 2 aromatic rings. The standard InChI is InChI=1S/C12H13BrN4/c1-2-10-15-11(17-12(14)16-10)7-8-3-5-9(13)6-4-8/h3-6H,2,7H2,1H3,(H2,14,15,16,17). The molecule has 1 aromatic heterocycles. The minimum atomic E-state index is 0.295. The van der Waals surface area contributed by atoms with E-state index in [4.69, 9.17) is 5.73 Å². The largest absolute Gasteiger partial charge is 0.368 e. The van der Waals surface area contributed by atoms with Gasteiger partial charge in [-0.2, -0.15) is 9.97 Å². The van der Waals surface area contributed by atoms with Crippen LogP contribution in [0.15, 0.2) is 28.7 Å². The molecule has 17 heavy (non-hydrogen) atoms. The van der Waals surface area contributed by atoms with Crippen molar-refractivity contribution >= 4 is 21.9 Å². The first-order chi connectivity index (χ1) is 8.17. The highest BCUT2D eigenvalue weighted by molar-refractivity contribution is 9.10. The number of aromatic nitrogens is 3. The monoisotopic (exact) mass is 292 g/mol. The van der Waals surface area contributed by atoms with Gasteiger partial charge in [0.1, 0.15) is 11.6 Å². The average Bonchev–Trinajstić information content (AvgIpc) is 2.31. The van der Waals surface area contributed by atoms with Crippen molar-refractivity contribution < 1.29 is 0 Å². The predicted molar refractivity (Wildman–Crippen MR) is 70.6 cm³/mol. The minimum Gasteiger partial charge on any atom is -0.368 e. The second kappa shape index (κ2) is 5.23. The van der Waals surface area contributed by atoms with Crippen LogP contribution in [0.3, 0.4) is 0 Å². The van der Waals surface area contributed by atoms with Crippen LogP contribution in [-0.2, 0) is 12.8 Å². The molecule has 0 aliphatic rings. The Morgan fingerprint density at radius 2 is 1.71 bits per heavy atom. The topological polar surface area (TPSA) is 64.7 Å². The summed E-state index contributed by atoms with van der Waals surface area (Å²) in [5.74, 6) is 1.75. The Morgan fingerprint density at radius 3 is 2.35 bits per heavy atom. The van der Waals surface area contributed by atoms with Gasteiger partial charge in [-0.05, 0) is 17.7 Å². The summed E-state index contributed by atoms with van der Waals surface area (Å²) in [7, 11) is 0. The Bertz CT molecular complexity index is 510. The number of hydrogen-bond acceptors (Lipinski definition) is 4. The van der Waals surface area contributed by atoms with Crippen molar-refractivity contribution in [2.45, 2.75) is 19.8 Å². The summed E-state index contributed by atoms with van der Waals surface area (Å²) in [4.78, 5) is 12.6. The summed E-state index contributed by atoms with van der Waals surface area (Å²) in [6.45, 7) is 2.00. The maximum atomic E-state index is 5.64. The van der Waals surface area contributed by atoms with Gasteiger partial charge in [0.2, 0.25) is 5.95 Å². The van der Waals surface area contributed by atoms with E-state index in [9.17, 15) is 0 Å². The molecule has 0 bridgehead atoms. The van der Waals surface area contributed by atoms with E-state index in [1.54, 1.807) is 0 Å². The van der Waals surface area contributed by atoms with E-state index in [2.05, 4.69) is 30.9 Å². The van der Waals surface area contributed by atoms with E-state index in [1.165, 1.54) is 0 Å². The minimum absolute atomic E-state index is 0.295. The van der Waals surface area contributed by atoms with Crippen molar-refractivity contribution in [3.63, 3.8) is 0 Å². The molecule has 1 aromatic carbocycles. The number of anilines is 1. The van der Waals surface area contributed by atoms with Crippen LogP contribution in [0, 0.1) is 0 Å². The first-order valence-electron chi connectivity index (χ1n) is 5.41.